The lowest BCUT2D eigenvalue weighted by Crippen LogP contribution is -2.52. The Labute approximate surface area is 187 Å². The lowest BCUT2D eigenvalue weighted by Gasteiger charge is -2.38. The summed E-state index contributed by atoms with van der Waals surface area (Å²) in [7, 11) is 0. The van der Waals surface area contributed by atoms with E-state index in [-0.39, 0.29) is 42.9 Å². The summed E-state index contributed by atoms with van der Waals surface area (Å²) in [6.45, 7) is 6.98. The number of urea groups is 1. The molecule has 1 aromatic carbocycles. The number of carbonyl (C=O) groups is 2. The first kappa shape index (κ1) is 23.1. The molecule has 0 aliphatic carbocycles. The molecule has 1 aliphatic rings. The highest BCUT2D eigenvalue weighted by Gasteiger charge is 2.34. The van der Waals surface area contributed by atoms with Gasteiger partial charge in [-0.05, 0) is 55.8 Å². The van der Waals surface area contributed by atoms with Crippen LogP contribution in [0, 0.1) is 5.82 Å². The Kier molecular flexibility index (Phi) is 7.90. The van der Waals surface area contributed by atoms with Crippen molar-refractivity contribution in [1.29, 1.82) is 0 Å². The van der Waals surface area contributed by atoms with Crippen molar-refractivity contribution in [2.45, 2.75) is 45.7 Å². The zero-order chi connectivity index (χ0) is 22.4. The number of rotatable bonds is 8. The van der Waals surface area contributed by atoms with E-state index in [2.05, 4.69) is 5.32 Å². The molecule has 0 fully saturated rings. The van der Waals surface area contributed by atoms with E-state index in [0.29, 0.717) is 13.1 Å². The molecule has 1 N–H and O–H groups in total. The predicted octanol–water partition coefficient (Wildman–Crippen LogP) is 4.22. The SMILES string of the molecule is CCNC(=O)N(CC(=O)N1CCc2sccc2[C@@H]1COc1ccccc1F)[C@H](C)CC. The van der Waals surface area contributed by atoms with Gasteiger partial charge in [-0.1, -0.05) is 19.1 Å². The third-order valence-corrected chi connectivity index (χ3v) is 6.66. The van der Waals surface area contributed by atoms with Crippen LogP contribution in [0.1, 0.15) is 43.7 Å². The van der Waals surface area contributed by atoms with Crippen molar-refractivity contribution in [2.24, 2.45) is 0 Å². The second kappa shape index (κ2) is 10.6. The molecule has 31 heavy (non-hydrogen) atoms. The molecule has 1 aromatic heterocycles. The Morgan fingerprint density at radius 1 is 1.32 bits per heavy atom. The van der Waals surface area contributed by atoms with E-state index in [9.17, 15) is 14.0 Å². The molecule has 0 saturated heterocycles. The Balaban J connectivity index is 1.79. The van der Waals surface area contributed by atoms with E-state index in [4.69, 9.17) is 4.74 Å². The highest BCUT2D eigenvalue weighted by molar-refractivity contribution is 7.10. The molecule has 0 unspecified atom stereocenters. The number of carbonyl (C=O) groups excluding carboxylic acids is 2. The van der Waals surface area contributed by atoms with Crippen LogP contribution in [-0.2, 0) is 11.2 Å². The molecule has 168 valence electrons. The van der Waals surface area contributed by atoms with Gasteiger partial charge < -0.3 is 19.9 Å². The van der Waals surface area contributed by atoms with Crippen molar-refractivity contribution in [3.63, 3.8) is 0 Å². The summed E-state index contributed by atoms with van der Waals surface area (Å²) >= 11 is 1.66. The summed E-state index contributed by atoms with van der Waals surface area (Å²) < 4.78 is 19.8. The van der Waals surface area contributed by atoms with Crippen molar-refractivity contribution in [1.82, 2.24) is 15.1 Å². The van der Waals surface area contributed by atoms with Gasteiger partial charge >= 0.3 is 6.03 Å². The smallest absolute Gasteiger partial charge is 0.318 e. The van der Waals surface area contributed by atoms with Crippen LogP contribution in [0.3, 0.4) is 0 Å². The van der Waals surface area contributed by atoms with E-state index in [0.717, 1.165) is 18.4 Å². The molecule has 2 atom stereocenters. The largest absolute Gasteiger partial charge is 0.488 e. The van der Waals surface area contributed by atoms with Crippen molar-refractivity contribution in [2.75, 3.05) is 26.2 Å². The van der Waals surface area contributed by atoms with E-state index < -0.39 is 5.82 Å². The van der Waals surface area contributed by atoms with Gasteiger partial charge in [0.1, 0.15) is 13.2 Å². The number of para-hydroxylation sites is 1. The minimum Gasteiger partial charge on any atom is -0.488 e. The normalized spacial score (nSPS) is 16.4. The molecule has 1 aliphatic heterocycles. The summed E-state index contributed by atoms with van der Waals surface area (Å²) in [4.78, 5) is 30.4. The van der Waals surface area contributed by atoms with Crippen LogP contribution in [0.15, 0.2) is 35.7 Å². The highest BCUT2D eigenvalue weighted by atomic mass is 32.1. The first-order valence-corrected chi connectivity index (χ1v) is 11.6. The first-order chi connectivity index (χ1) is 15.0. The van der Waals surface area contributed by atoms with Crippen LogP contribution in [0.5, 0.6) is 5.75 Å². The number of benzene rings is 1. The van der Waals surface area contributed by atoms with Crippen LogP contribution < -0.4 is 10.1 Å². The average molecular weight is 448 g/mol. The van der Waals surface area contributed by atoms with Crippen molar-refractivity contribution in [3.05, 3.63) is 52.0 Å². The van der Waals surface area contributed by atoms with Crippen LogP contribution in [-0.4, -0.2) is 54.0 Å². The summed E-state index contributed by atoms with van der Waals surface area (Å²) in [5.41, 5.74) is 1.04. The standard InChI is InChI=1S/C23H30FN3O3S/c1-4-16(3)27(23(29)25-5-2)14-22(28)26-12-10-21-17(11-13-31-21)19(26)15-30-20-9-7-6-8-18(20)24/h6-9,11,13,16,19H,4-5,10,12,14-15H2,1-3H3,(H,25,29)/t16-,19+/m1/s1. The van der Waals surface area contributed by atoms with Crippen molar-refractivity contribution in [3.8, 4) is 5.75 Å². The number of fused-ring (bicyclic) bond motifs is 1. The number of ether oxygens (including phenoxy) is 1. The van der Waals surface area contributed by atoms with Gasteiger partial charge in [0.25, 0.3) is 0 Å². The van der Waals surface area contributed by atoms with E-state index in [1.54, 1.807) is 39.3 Å². The fraction of sp³-hybridized carbons (Fsp3) is 0.478. The highest BCUT2D eigenvalue weighted by Crippen LogP contribution is 2.34. The molecule has 3 amide bonds. The van der Waals surface area contributed by atoms with Crippen LogP contribution >= 0.6 is 11.3 Å². The Hall–Kier alpha value is -2.61. The average Bonchev–Trinajstić information content (AvgIpc) is 3.25. The van der Waals surface area contributed by atoms with Gasteiger partial charge in [0.05, 0.1) is 6.04 Å². The second-order valence-electron chi connectivity index (χ2n) is 7.61. The number of nitrogens with zero attached hydrogens (tertiary/aromatic N) is 2. The Morgan fingerprint density at radius 2 is 2.10 bits per heavy atom. The molecule has 2 heterocycles. The van der Waals surface area contributed by atoms with Crippen molar-refractivity contribution >= 4 is 23.3 Å². The zero-order valence-corrected chi connectivity index (χ0v) is 19.1. The van der Waals surface area contributed by atoms with Gasteiger partial charge in [-0.3, -0.25) is 4.79 Å². The Bertz CT molecular complexity index is 904. The maximum atomic E-state index is 14.0. The number of halogens is 1. The molecule has 0 saturated carbocycles. The van der Waals surface area contributed by atoms with E-state index in [1.807, 2.05) is 32.2 Å². The molecular weight excluding hydrogens is 417 g/mol. The van der Waals surface area contributed by atoms with E-state index in [1.165, 1.54) is 10.9 Å². The third kappa shape index (κ3) is 5.36. The van der Waals surface area contributed by atoms with Gasteiger partial charge in [-0.2, -0.15) is 0 Å². The molecule has 3 rings (SSSR count). The van der Waals surface area contributed by atoms with E-state index >= 15 is 0 Å². The summed E-state index contributed by atoms with van der Waals surface area (Å²) in [5.74, 6) is -0.396. The predicted molar refractivity (Wildman–Crippen MR) is 120 cm³/mol. The fourth-order valence-electron chi connectivity index (χ4n) is 3.74. The fourth-order valence-corrected chi connectivity index (χ4v) is 4.67. The summed E-state index contributed by atoms with van der Waals surface area (Å²) in [5, 5.41) is 4.81. The second-order valence-corrected chi connectivity index (χ2v) is 8.61. The lowest BCUT2D eigenvalue weighted by molar-refractivity contribution is -0.136. The number of hydrogen-bond donors (Lipinski definition) is 1. The topological polar surface area (TPSA) is 61.9 Å². The zero-order valence-electron chi connectivity index (χ0n) is 18.3. The molecule has 0 bridgehead atoms. The third-order valence-electron chi connectivity index (χ3n) is 5.67. The first-order valence-electron chi connectivity index (χ1n) is 10.7. The lowest BCUT2D eigenvalue weighted by atomic mass is 10.00. The maximum Gasteiger partial charge on any atom is 0.318 e. The number of hydrogen-bond acceptors (Lipinski definition) is 4. The Morgan fingerprint density at radius 3 is 2.81 bits per heavy atom. The van der Waals surface area contributed by atoms with Gasteiger partial charge in [-0.15, -0.1) is 11.3 Å². The molecule has 6 nitrogen and oxygen atoms in total. The van der Waals surface area contributed by atoms with Crippen LogP contribution in [0.4, 0.5) is 9.18 Å². The van der Waals surface area contributed by atoms with Crippen LogP contribution in [0.2, 0.25) is 0 Å². The quantitative estimate of drug-likeness (QED) is 0.659. The molecular formula is C23H30FN3O3S. The number of thiophene rings is 1. The number of amides is 3. The summed E-state index contributed by atoms with van der Waals surface area (Å²) in [6.07, 6.45) is 1.51. The minimum absolute atomic E-state index is 0.00346. The molecule has 8 heteroatoms. The minimum atomic E-state index is -0.430. The maximum absolute atomic E-state index is 14.0. The monoisotopic (exact) mass is 447 g/mol. The molecule has 0 radical (unpaired) electrons. The summed E-state index contributed by atoms with van der Waals surface area (Å²) in [6, 6.07) is 7.64. The number of nitrogens with one attached hydrogen (secondary N) is 1. The van der Waals surface area contributed by atoms with Gasteiger partial charge in [0.15, 0.2) is 11.6 Å². The van der Waals surface area contributed by atoms with Gasteiger partial charge in [-0.25, -0.2) is 9.18 Å². The molecule has 0 spiro atoms. The van der Waals surface area contributed by atoms with Crippen molar-refractivity contribution < 1.29 is 18.7 Å². The van der Waals surface area contributed by atoms with Crippen LogP contribution in [0.25, 0.3) is 0 Å². The molecule has 2 aromatic rings. The van der Waals surface area contributed by atoms with Gasteiger partial charge in [0, 0.05) is 24.0 Å². The van der Waals surface area contributed by atoms with Gasteiger partial charge in [0.2, 0.25) is 5.91 Å².